The van der Waals surface area contributed by atoms with Crippen LogP contribution in [-0.4, -0.2) is 24.8 Å². The van der Waals surface area contributed by atoms with Crippen molar-refractivity contribution in [1.82, 2.24) is 5.32 Å². The first kappa shape index (κ1) is 13.7. The summed E-state index contributed by atoms with van der Waals surface area (Å²) in [4.78, 5) is 0. The Hall–Kier alpha value is -0.340. The summed E-state index contributed by atoms with van der Waals surface area (Å²) in [6, 6.07) is 0.983. The van der Waals surface area contributed by atoms with Crippen LogP contribution in [0.2, 0.25) is 0 Å². The van der Waals surface area contributed by atoms with Crippen LogP contribution in [-0.2, 0) is 4.74 Å². The highest BCUT2D eigenvalue weighted by Gasteiger charge is 2.53. The molecule has 0 saturated heterocycles. The molecule has 1 aliphatic rings. The van der Waals surface area contributed by atoms with Crippen molar-refractivity contribution in [1.29, 1.82) is 0 Å². The molecule has 2 nitrogen and oxygen atoms in total. The number of hydrogen-bond donors (Lipinski definition) is 1. The Morgan fingerprint density at radius 2 is 2.06 bits per heavy atom. The summed E-state index contributed by atoms with van der Waals surface area (Å²) in [6.45, 7) is 13.5. The van der Waals surface area contributed by atoms with Gasteiger partial charge in [-0.3, -0.25) is 0 Å². The molecule has 0 heterocycles. The van der Waals surface area contributed by atoms with Crippen LogP contribution in [0.1, 0.15) is 47.0 Å². The van der Waals surface area contributed by atoms with E-state index >= 15 is 0 Å². The van der Waals surface area contributed by atoms with Gasteiger partial charge >= 0.3 is 0 Å². The highest BCUT2D eigenvalue weighted by molar-refractivity contribution is 5.08. The Balaban J connectivity index is 2.63. The third kappa shape index (κ3) is 2.33. The predicted octanol–water partition coefficient (Wildman–Crippen LogP) is 3.13. The molecule has 16 heavy (non-hydrogen) atoms. The van der Waals surface area contributed by atoms with Crippen molar-refractivity contribution in [2.24, 2.45) is 5.41 Å². The first-order chi connectivity index (χ1) is 7.64. The number of ether oxygens (including phenoxy) is 1. The molecule has 1 N–H and O–H groups in total. The van der Waals surface area contributed by atoms with Crippen molar-refractivity contribution in [2.75, 3.05) is 6.61 Å². The highest BCUT2D eigenvalue weighted by Crippen LogP contribution is 2.49. The van der Waals surface area contributed by atoms with Crippen molar-refractivity contribution in [3.05, 3.63) is 12.7 Å². The van der Waals surface area contributed by atoms with E-state index in [0.717, 1.165) is 13.0 Å². The van der Waals surface area contributed by atoms with Crippen molar-refractivity contribution in [3.63, 3.8) is 0 Å². The van der Waals surface area contributed by atoms with Gasteiger partial charge in [-0.25, -0.2) is 0 Å². The van der Waals surface area contributed by atoms with E-state index in [1.54, 1.807) is 0 Å². The summed E-state index contributed by atoms with van der Waals surface area (Å²) >= 11 is 0. The van der Waals surface area contributed by atoms with Gasteiger partial charge in [0, 0.05) is 24.1 Å². The molecule has 1 fully saturated rings. The molecule has 0 radical (unpaired) electrons. The van der Waals surface area contributed by atoms with Gasteiger partial charge in [-0.15, -0.1) is 6.58 Å². The van der Waals surface area contributed by atoms with E-state index in [0.29, 0.717) is 23.6 Å². The van der Waals surface area contributed by atoms with Crippen molar-refractivity contribution in [2.45, 2.75) is 65.1 Å². The Bertz CT molecular complexity index is 223. The second-order valence-electron chi connectivity index (χ2n) is 4.86. The number of rotatable bonds is 7. The lowest BCUT2D eigenvalue weighted by molar-refractivity contribution is -0.138. The zero-order valence-electron chi connectivity index (χ0n) is 11.3. The SMILES string of the molecule is C=CC(C)NC1CC(OCC)C1(CC)CC. The lowest BCUT2D eigenvalue weighted by Crippen LogP contribution is -2.64. The Labute approximate surface area is 100 Å². The van der Waals surface area contributed by atoms with Crippen molar-refractivity contribution in [3.8, 4) is 0 Å². The van der Waals surface area contributed by atoms with Gasteiger partial charge in [0.2, 0.25) is 0 Å². The molecule has 0 amide bonds. The second-order valence-corrected chi connectivity index (χ2v) is 4.86. The maximum absolute atomic E-state index is 5.86. The molecule has 0 bridgehead atoms. The van der Waals surface area contributed by atoms with Gasteiger partial charge in [0.1, 0.15) is 0 Å². The van der Waals surface area contributed by atoms with Crippen molar-refractivity contribution < 1.29 is 4.74 Å². The molecule has 0 spiro atoms. The summed E-state index contributed by atoms with van der Waals surface area (Å²) in [5.74, 6) is 0. The molecule has 0 aromatic heterocycles. The minimum atomic E-state index is 0.341. The van der Waals surface area contributed by atoms with Gasteiger partial charge in [-0.1, -0.05) is 19.9 Å². The summed E-state index contributed by atoms with van der Waals surface area (Å²) in [5, 5.41) is 3.65. The van der Waals surface area contributed by atoms with Crippen LogP contribution in [0, 0.1) is 5.41 Å². The van der Waals surface area contributed by atoms with Gasteiger partial charge < -0.3 is 10.1 Å². The smallest absolute Gasteiger partial charge is 0.0660 e. The Morgan fingerprint density at radius 1 is 1.44 bits per heavy atom. The Kier molecular flexibility index (Phi) is 5.00. The van der Waals surface area contributed by atoms with Crippen LogP contribution in [0.25, 0.3) is 0 Å². The second kappa shape index (κ2) is 5.83. The quantitative estimate of drug-likeness (QED) is 0.672. The van der Waals surface area contributed by atoms with Gasteiger partial charge in [0.25, 0.3) is 0 Å². The first-order valence-corrected chi connectivity index (χ1v) is 6.64. The average molecular weight is 225 g/mol. The summed E-state index contributed by atoms with van der Waals surface area (Å²) in [7, 11) is 0. The molecule has 1 saturated carbocycles. The largest absolute Gasteiger partial charge is 0.378 e. The van der Waals surface area contributed by atoms with E-state index in [4.69, 9.17) is 4.74 Å². The van der Waals surface area contributed by atoms with Crippen LogP contribution < -0.4 is 5.32 Å². The van der Waals surface area contributed by atoms with Gasteiger partial charge in [-0.2, -0.15) is 0 Å². The summed E-state index contributed by atoms with van der Waals surface area (Å²) in [5.41, 5.74) is 0.341. The molecule has 1 rings (SSSR count). The Morgan fingerprint density at radius 3 is 2.50 bits per heavy atom. The molecule has 2 heteroatoms. The van der Waals surface area contributed by atoms with Gasteiger partial charge in [0.05, 0.1) is 6.10 Å². The standard InChI is InChI=1S/C14H27NO/c1-6-11(5)15-12-10-13(16-9-4)14(12,7-2)8-3/h6,11-13,15H,1,7-10H2,2-5H3. The topological polar surface area (TPSA) is 21.3 Å². The third-order valence-electron chi connectivity index (χ3n) is 4.29. The summed E-state index contributed by atoms with van der Waals surface area (Å²) in [6.07, 6.45) is 5.95. The lowest BCUT2D eigenvalue weighted by atomic mass is 9.58. The maximum atomic E-state index is 5.86. The average Bonchev–Trinajstić information content (AvgIpc) is 2.29. The van der Waals surface area contributed by atoms with E-state index in [-0.39, 0.29) is 0 Å². The molecule has 0 aliphatic heterocycles. The van der Waals surface area contributed by atoms with E-state index < -0.39 is 0 Å². The van der Waals surface area contributed by atoms with Crippen LogP contribution in [0.3, 0.4) is 0 Å². The molecular weight excluding hydrogens is 198 g/mol. The maximum Gasteiger partial charge on any atom is 0.0660 e. The van der Waals surface area contributed by atoms with Crippen LogP contribution in [0.4, 0.5) is 0 Å². The van der Waals surface area contributed by atoms with Gasteiger partial charge in [0.15, 0.2) is 0 Å². The third-order valence-corrected chi connectivity index (χ3v) is 4.29. The summed E-state index contributed by atoms with van der Waals surface area (Å²) < 4.78 is 5.86. The fraction of sp³-hybridized carbons (Fsp3) is 0.857. The molecule has 94 valence electrons. The molecule has 0 aromatic carbocycles. The van der Waals surface area contributed by atoms with Crippen molar-refractivity contribution >= 4 is 0 Å². The van der Waals surface area contributed by atoms with Gasteiger partial charge in [-0.05, 0) is 33.1 Å². The fourth-order valence-corrected chi connectivity index (χ4v) is 3.00. The normalized spacial score (nSPS) is 29.5. The van der Waals surface area contributed by atoms with Crippen LogP contribution >= 0.6 is 0 Å². The van der Waals surface area contributed by atoms with Crippen LogP contribution in [0.5, 0.6) is 0 Å². The molecule has 3 unspecified atom stereocenters. The molecule has 3 atom stereocenters. The number of nitrogens with one attached hydrogen (secondary N) is 1. The van der Waals surface area contributed by atoms with E-state index in [1.165, 1.54) is 12.8 Å². The predicted molar refractivity (Wildman–Crippen MR) is 69.6 cm³/mol. The monoisotopic (exact) mass is 225 g/mol. The van der Waals surface area contributed by atoms with Crippen LogP contribution in [0.15, 0.2) is 12.7 Å². The van der Waals surface area contributed by atoms with E-state index in [1.807, 2.05) is 6.08 Å². The molecule has 0 aromatic rings. The fourth-order valence-electron chi connectivity index (χ4n) is 3.00. The zero-order chi connectivity index (χ0) is 12.2. The minimum absolute atomic E-state index is 0.341. The molecule has 1 aliphatic carbocycles. The lowest BCUT2D eigenvalue weighted by Gasteiger charge is -2.56. The molecular formula is C14H27NO. The zero-order valence-corrected chi connectivity index (χ0v) is 11.3. The first-order valence-electron chi connectivity index (χ1n) is 6.64. The number of hydrogen-bond acceptors (Lipinski definition) is 2. The highest BCUT2D eigenvalue weighted by atomic mass is 16.5. The van der Waals surface area contributed by atoms with E-state index in [2.05, 4.69) is 39.6 Å². The van der Waals surface area contributed by atoms with E-state index in [9.17, 15) is 0 Å². The minimum Gasteiger partial charge on any atom is -0.378 e.